The number of amides is 1. The normalized spacial score (nSPS) is 19.6. The third kappa shape index (κ3) is 4.27. The highest BCUT2D eigenvalue weighted by molar-refractivity contribution is 5.88. The van der Waals surface area contributed by atoms with Crippen LogP contribution >= 0.6 is 0 Å². The average molecular weight is 393 g/mol. The average Bonchev–Trinajstić information content (AvgIpc) is 3.46. The van der Waals surface area contributed by atoms with Crippen molar-refractivity contribution < 1.29 is 32.6 Å². The molecule has 2 N–H and O–H groups in total. The topological polar surface area (TPSA) is 75.6 Å². The number of carboxylic acids is 1. The van der Waals surface area contributed by atoms with Crippen molar-refractivity contribution in [1.82, 2.24) is 5.32 Å². The molecule has 0 aliphatic heterocycles. The Labute approximate surface area is 159 Å². The summed E-state index contributed by atoms with van der Waals surface area (Å²) < 4.78 is 43.6. The fourth-order valence-corrected chi connectivity index (χ4v) is 3.13. The van der Waals surface area contributed by atoms with Gasteiger partial charge in [0.15, 0.2) is 6.04 Å². The Kier molecular flexibility index (Phi) is 5.31. The number of carbonyl (C=O) groups is 2. The summed E-state index contributed by atoms with van der Waals surface area (Å²) in [5.74, 6) is -2.08. The Balaban J connectivity index is 1.70. The summed E-state index contributed by atoms with van der Waals surface area (Å²) in [5.41, 5.74) is 0.0296. The van der Waals surface area contributed by atoms with E-state index < -0.39 is 35.6 Å². The first-order chi connectivity index (χ1) is 13.2. The summed E-state index contributed by atoms with van der Waals surface area (Å²) in [6, 6.07) is 9.86. The van der Waals surface area contributed by atoms with Crippen LogP contribution in [-0.2, 0) is 15.8 Å². The lowest BCUT2D eigenvalue weighted by atomic mass is 10.0. The first-order valence-corrected chi connectivity index (χ1v) is 8.55. The van der Waals surface area contributed by atoms with Crippen LogP contribution in [0.1, 0.15) is 35.1 Å². The van der Waals surface area contributed by atoms with Gasteiger partial charge in [0.1, 0.15) is 5.75 Å². The van der Waals surface area contributed by atoms with Crippen LogP contribution < -0.4 is 10.1 Å². The van der Waals surface area contributed by atoms with Gasteiger partial charge in [0, 0.05) is 5.92 Å². The molecule has 1 fully saturated rings. The van der Waals surface area contributed by atoms with Crippen molar-refractivity contribution in [3.8, 4) is 5.75 Å². The predicted octanol–water partition coefficient (Wildman–Crippen LogP) is 3.76. The van der Waals surface area contributed by atoms with Gasteiger partial charge >= 0.3 is 12.1 Å². The van der Waals surface area contributed by atoms with E-state index in [9.17, 15) is 27.9 Å². The molecule has 0 heterocycles. The minimum Gasteiger partial charge on any atom is -0.497 e. The molecular formula is C20H18F3NO4. The van der Waals surface area contributed by atoms with E-state index in [-0.39, 0.29) is 5.92 Å². The molecule has 3 unspecified atom stereocenters. The van der Waals surface area contributed by atoms with Crippen LogP contribution in [0.5, 0.6) is 5.75 Å². The van der Waals surface area contributed by atoms with Crippen LogP contribution in [0.15, 0.2) is 48.5 Å². The number of ether oxygens (including phenoxy) is 1. The molecule has 0 aromatic heterocycles. The number of benzene rings is 2. The van der Waals surface area contributed by atoms with Crippen molar-refractivity contribution in [3.05, 3.63) is 65.2 Å². The number of nitrogens with one attached hydrogen (secondary N) is 1. The second-order valence-electron chi connectivity index (χ2n) is 6.62. The van der Waals surface area contributed by atoms with Crippen LogP contribution in [0, 0.1) is 5.92 Å². The van der Waals surface area contributed by atoms with Crippen LogP contribution in [0.3, 0.4) is 0 Å². The number of halogens is 3. The number of methoxy groups -OCH3 is 1. The van der Waals surface area contributed by atoms with Crippen LogP contribution in [0.4, 0.5) is 13.2 Å². The fraction of sp³-hybridized carbons (Fsp3) is 0.300. The van der Waals surface area contributed by atoms with Gasteiger partial charge in [-0.25, -0.2) is 4.79 Å². The van der Waals surface area contributed by atoms with E-state index in [4.69, 9.17) is 4.74 Å². The number of aliphatic carboxylic acids is 1. The van der Waals surface area contributed by atoms with Gasteiger partial charge in [-0.2, -0.15) is 13.2 Å². The lowest BCUT2D eigenvalue weighted by Crippen LogP contribution is -2.35. The van der Waals surface area contributed by atoms with Crippen LogP contribution in [0.2, 0.25) is 0 Å². The van der Waals surface area contributed by atoms with E-state index in [1.165, 1.54) is 25.3 Å². The highest BCUT2D eigenvalue weighted by Crippen LogP contribution is 2.48. The monoisotopic (exact) mass is 393 g/mol. The van der Waals surface area contributed by atoms with Crippen molar-refractivity contribution in [1.29, 1.82) is 0 Å². The van der Waals surface area contributed by atoms with Crippen molar-refractivity contribution in [2.24, 2.45) is 5.92 Å². The van der Waals surface area contributed by atoms with Gasteiger partial charge in [-0.3, -0.25) is 4.79 Å². The Morgan fingerprint density at radius 2 is 1.86 bits per heavy atom. The second kappa shape index (κ2) is 7.53. The largest absolute Gasteiger partial charge is 0.497 e. The van der Waals surface area contributed by atoms with Crippen molar-refractivity contribution >= 4 is 11.9 Å². The zero-order chi connectivity index (χ0) is 20.5. The maximum absolute atomic E-state index is 12.9. The van der Waals surface area contributed by atoms with E-state index in [1.54, 1.807) is 18.2 Å². The molecular weight excluding hydrogens is 375 g/mol. The first-order valence-electron chi connectivity index (χ1n) is 8.55. The molecule has 3 rings (SSSR count). The molecule has 148 valence electrons. The molecule has 0 bridgehead atoms. The van der Waals surface area contributed by atoms with E-state index >= 15 is 0 Å². The molecule has 0 spiro atoms. The SMILES string of the molecule is COc1ccc(C(NC(=O)C2CC2c2cccc(C(F)(F)F)c2)C(=O)O)cc1. The molecule has 1 aliphatic carbocycles. The van der Waals surface area contributed by atoms with Gasteiger partial charge in [-0.05, 0) is 41.7 Å². The zero-order valence-corrected chi connectivity index (χ0v) is 14.9. The summed E-state index contributed by atoms with van der Waals surface area (Å²) in [5, 5.41) is 11.9. The maximum atomic E-state index is 12.9. The number of hydrogen-bond donors (Lipinski definition) is 2. The van der Waals surface area contributed by atoms with E-state index in [2.05, 4.69) is 5.32 Å². The molecule has 1 aliphatic rings. The summed E-state index contributed by atoms with van der Waals surface area (Å²) >= 11 is 0. The number of alkyl halides is 3. The first kappa shape index (κ1) is 19.7. The van der Waals surface area contributed by atoms with Crippen molar-refractivity contribution in [3.63, 3.8) is 0 Å². The van der Waals surface area contributed by atoms with Gasteiger partial charge in [-0.1, -0.05) is 30.3 Å². The van der Waals surface area contributed by atoms with E-state index in [0.29, 0.717) is 23.3 Å². The minimum absolute atomic E-state index is 0.354. The minimum atomic E-state index is -4.45. The molecule has 28 heavy (non-hydrogen) atoms. The predicted molar refractivity (Wildman–Crippen MR) is 93.8 cm³/mol. The van der Waals surface area contributed by atoms with Gasteiger partial charge in [0.25, 0.3) is 0 Å². The molecule has 1 amide bonds. The molecule has 0 saturated heterocycles. The van der Waals surface area contributed by atoms with Gasteiger partial charge in [0.2, 0.25) is 5.91 Å². The smallest absolute Gasteiger partial charge is 0.416 e. The maximum Gasteiger partial charge on any atom is 0.416 e. The van der Waals surface area contributed by atoms with Crippen LogP contribution in [-0.4, -0.2) is 24.1 Å². The van der Waals surface area contributed by atoms with E-state index in [0.717, 1.165) is 12.1 Å². The van der Waals surface area contributed by atoms with Crippen molar-refractivity contribution in [2.75, 3.05) is 7.11 Å². The lowest BCUT2D eigenvalue weighted by Gasteiger charge is -2.15. The number of hydrogen-bond acceptors (Lipinski definition) is 3. The molecule has 3 atom stereocenters. The van der Waals surface area contributed by atoms with E-state index in [1.807, 2.05) is 0 Å². The van der Waals surface area contributed by atoms with Gasteiger partial charge in [-0.15, -0.1) is 0 Å². The summed E-state index contributed by atoms with van der Waals surface area (Å²) in [6.07, 6.45) is -4.08. The fourth-order valence-electron chi connectivity index (χ4n) is 3.13. The third-order valence-electron chi connectivity index (χ3n) is 4.75. The van der Waals surface area contributed by atoms with Crippen molar-refractivity contribution in [2.45, 2.75) is 24.6 Å². The number of carbonyl (C=O) groups excluding carboxylic acids is 1. The summed E-state index contributed by atoms with van der Waals surface area (Å²) in [7, 11) is 1.48. The summed E-state index contributed by atoms with van der Waals surface area (Å²) in [4.78, 5) is 24.0. The molecule has 2 aromatic carbocycles. The number of carboxylic acid groups (broad SMARTS) is 1. The highest BCUT2D eigenvalue weighted by atomic mass is 19.4. The quantitative estimate of drug-likeness (QED) is 0.784. The Morgan fingerprint density at radius 3 is 2.43 bits per heavy atom. The Morgan fingerprint density at radius 1 is 1.18 bits per heavy atom. The molecule has 5 nitrogen and oxygen atoms in total. The second-order valence-corrected chi connectivity index (χ2v) is 6.62. The third-order valence-corrected chi connectivity index (χ3v) is 4.75. The molecule has 8 heteroatoms. The number of rotatable bonds is 6. The molecule has 0 radical (unpaired) electrons. The van der Waals surface area contributed by atoms with Gasteiger partial charge in [0.05, 0.1) is 12.7 Å². The summed E-state index contributed by atoms with van der Waals surface area (Å²) in [6.45, 7) is 0. The Bertz CT molecular complexity index is 880. The molecule has 2 aromatic rings. The highest BCUT2D eigenvalue weighted by Gasteiger charge is 2.45. The van der Waals surface area contributed by atoms with Gasteiger partial charge < -0.3 is 15.2 Å². The lowest BCUT2D eigenvalue weighted by molar-refractivity contribution is -0.142. The standard InChI is InChI=1S/C20H18F3NO4/c1-28-14-7-5-11(6-8-14)17(19(26)27)24-18(25)16-10-15(16)12-3-2-4-13(9-12)20(21,22)23/h2-9,15-17H,10H2,1H3,(H,24,25)(H,26,27). The Hall–Kier alpha value is -3.03. The molecule has 1 saturated carbocycles. The zero-order valence-electron chi connectivity index (χ0n) is 14.9. The van der Waals surface area contributed by atoms with Crippen LogP contribution in [0.25, 0.3) is 0 Å².